The average molecular weight is 231 g/mol. The molecular weight excluding hydrogens is 206 g/mol. The highest BCUT2D eigenvalue weighted by atomic mass is 32.2. The first kappa shape index (κ1) is 13.3. The van der Waals surface area contributed by atoms with Crippen molar-refractivity contribution in [3.8, 4) is 0 Å². The molecule has 0 spiro atoms. The third-order valence-electron chi connectivity index (χ3n) is 3.30. The second-order valence-electron chi connectivity index (χ2n) is 4.60. The third-order valence-corrected chi connectivity index (χ3v) is 4.47. The SMILES string of the molecule is CSC1CCCCC1NC(C)CCCO. The first-order chi connectivity index (χ1) is 7.27. The number of rotatable bonds is 6. The minimum Gasteiger partial charge on any atom is -0.396 e. The van der Waals surface area contributed by atoms with Crippen LogP contribution in [-0.4, -0.2) is 35.3 Å². The van der Waals surface area contributed by atoms with E-state index in [0.717, 1.165) is 18.1 Å². The molecule has 90 valence electrons. The minimum atomic E-state index is 0.322. The van der Waals surface area contributed by atoms with Crippen LogP contribution in [0.15, 0.2) is 0 Å². The van der Waals surface area contributed by atoms with Crippen molar-refractivity contribution in [2.45, 2.75) is 62.8 Å². The van der Waals surface area contributed by atoms with Gasteiger partial charge in [0, 0.05) is 23.9 Å². The Morgan fingerprint density at radius 2 is 2.13 bits per heavy atom. The van der Waals surface area contributed by atoms with E-state index in [1.807, 2.05) is 11.8 Å². The maximum Gasteiger partial charge on any atom is 0.0431 e. The molecular formula is C12H25NOS. The molecule has 1 saturated carbocycles. The summed E-state index contributed by atoms with van der Waals surface area (Å²) in [4.78, 5) is 0. The summed E-state index contributed by atoms with van der Waals surface area (Å²) in [6, 6.07) is 1.25. The predicted octanol–water partition coefficient (Wildman–Crippen LogP) is 2.41. The number of thioether (sulfide) groups is 1. The van der Waals surface area contributed by atoms with E-state index in [1.54, 1.807) is 0 Å². The fraction of sp³-hybridized carbons (Fsp3) is 1.00. The zero-order chi connectivity index (χ0) is 11.1. The van der Waals surface area contributed by atoms with Crippen LogP contribution in [0.3, 0.4) is 0 Å². The van der Waals surface area contributed by atoms with Gasteiger partial charge in [-0.15, -0.1) is 0 Å². The lowest BCUT2D eigenvalue weighted by Crippen LogP contribution is -2.44. The minimum absolute atomic E-state index is 0.322. The first-order valence-corrected chi connectivity index (χ1v) is 7.46. The van der Waals surface area contributed by atoms with Crippen molar-refractivity contribution in [2.75, 3.05) is 12.9 Å². The monoisotopic (exact) mass is 231 g/mol. The molecule has 0 aromatic heterocycles. The smallest absolute Gasteiger partial charge is 0.0431 e. The van der Waals surface area contributed by atoms with Crippen LogP contribution in [0.1, 0.15) is 45.4 Å². The van der Waals surface area contributed by atoms with Gasteiger partial charge < -0.3 is 10.4 Å². The highest BCUT2D eigenvalue weighted by molar-refractivity contribution is 7.99. The molecule has 0 aromatic carbocycles. The highest BCUT2D eigenvalue weighted by Gasteiger charge is 2.24. The van der Waals surface area contributed by atoms with Crippen molar-refractivity contribution in [3.63, 3.8) is 0 Å². The van der Waals surface area contributed by atoms with E-state index in [1.165, 1.54) is 25.7 Å². The van der Waals surface area contributed by atoms with Gasteiger partial charge in [-0.3, -0.25) is 0 Å². The summed E-state index contributed by atoms with van der Waals surface area (Å²) in [5.74, 6) is 0. The predicted molar refractivity (Wildman–Crippen MR) is 68.5 cm³/mol. The summed E-state index contributed by atoms with van der Waals surface area (Å²) in [6.45, 7) is 2.56. The summed E-state index contributed by atoms with van der Waals surface area (Å²) in [7, 11) is 0. The lowest BCUT2D eigenvalue weighted by molar-refractivity contribution is 0.268. The molecule has 1 fully saturated rings. The molecule has 1 aliphatic rings. The molecule has 2 nitrogen and oxygen atoms in total. The van der Waals surface area contributed by atoms with Crippen molar-refractivity contribution in [2.24, 2.45) is 0 Å². The van der Waals surface area contributed by atoms with Crippen molar-refractivity contribution < 1.29 is 5.11 Å². The van der Waals surface area contributed by atoms with Crippen LogP contribution in [0.25, 0.3) is 0 Å². The van der Waals surface area contributed by atoms with Gasteiger partial charge in [-0.25, -0.2) is 0 Å². The Morgan fingerprint density at radius 3 is 2.80 bits per heavy atom. The second-order valence-corrected chi connectivity index (χ2v) is 5.68. The van der Waals surface area contributed by atoms with E-state index < -0.39 is 0 Å². The van der Waals surface area contributed by atoms with Gasteiger partial charge in [0.1, 0.15) is 0 Å². The fourth-order valence-corrected chi connectivity index (χ4v) is 3.36. The van der Waals surface area contributed by atoms with E-state index in [2.05, 4.69) is 18.5 Å². The normalized spacial score (nSPS) is 29.0. The largest absolute Gasteiger partial charge is 0.396 e. The molecule has 0 aromatic rings. The summed E-state index contributed by atoms with van der Waals surface area (Å²) >= 11 is 2.01. The van der Waals surface area contributed by atoms with Crippen LogP contribution >= 0.6 is 11.8 Å². The first-order valence-electron chi connectivity index (χ1n) is 6.17. The zero-order valence-electron chi connectivity index (χ0n) is 10.0. The summed E-state index contributed by atoms with van der Waals surface area (Å²) < 4.78 is 0. The molecule has 1 rings (SSSR count). The van der Waals surface area contributed by atoms with Crippen LogP contribution in [-0.2, 0) is 0 Å². The van der Waals surface area contributed by atoms with Gasteiger partial charge in [-0.1, -0.05) is 12.8 Å². The van der Waals surface area contributed by atoms with E-state index in [-0.39, 0.29) is 0 Å². The van der Waals surface area contributed by atoms with Crippen LogP contribution in [0, 0.1) is 0 Å². The van der Waals surface area contributed by atoms with Crippen LogP contribution in [0.2, 0.25) is 0 Å². The molecule has 0 amide bonds. The number of hydrogen-bond acceptors (Lipinski definition) is 3. The average Bonchev–Trinajstić information content (AvgIpc) is 2.27. The molecule has 15 heavy (non-hydrogen) atoms. The summed E-state index contributed by atoms with van der Waals surface area (Å²) in [5, 5.41) is 13.3. The molecule has 3 atom stereocenters. The molecule has 0 radical (unpaired) electrons. The van der Waals surface area contributed by atoms with Gasteiger partial charge in [0.25, 0.3) is 0 Å². The standard InChI is InChI=1S/C12H25NOS/c1-10(6-5-9-14)13-11-7-3-4-8-12(11)15-2/h10-14H,3-9H2,1-2H3. The van der Waals surface area contributed by atoms with Gasteiger partial charge in [0.15, 0.2) is 0 Å². The third kappa shape index (κ3) is 4.75. The Morgan fingerprint density at radius 1 is 1.40 bits per heavy atom. The lowest BCUT2D eigenvalue weighted by atomic mass is 9.94. The van der Waals surface area contributed by atoms with Crippen LogP contribution in [0.4, 0.5) is 0 Å². The van der Waals surface area contributed by atoms with Crippen LogP contribution < -0.4 is 5.32 Å². The molecule has 3 heteroatoms. The second kappa shape index (κ2) is 7.53. The Kier molecular flexibility index (Phi) is 6.69. The van der Waals surface area contributed by atoms with E-state index in [9.17, 15) is 0 Å². The fourth-order valence-electron chi connectivity index (χ4n) is 2.42. The van der Waals surface area contributed by atoms with E-state index in [4.69, 9.17) is 5.11 Å². The lowest BCUT2D eigenvalue weighted by Gasteiger charge is -2.33. The molecule has 2 N–H and O–H groups in total. The van der Waals surface area contributed by atoms with Crippen molar-refractivity contribution in [1.29, 1.82) is 0 Å². The van der Waals surface area contributed by atoms with E-state index >= 15 is 0 Å². The Hall–Kier alpha value is 0.270. The van der Waals surface area contributed by atoms with Crippen molar-refractivity contribution >= 4 is 11.8 Å². The van der Waals surface area contributed by atoms with Crippen LogP contribution in [0.5, 0.6) is 0 Å². The molecule has 3 unspecified atom stereocenters. The summed E-state index contributed by atoms with van der Waals surface area (Å²) in [5.41, 5.74) is 0. The van der Waals surface area contributed by atoms with Gasteiger partial charge in [-0.05, 0) is 38.9 Å². The maximum absolute atomic E-state index is 8.79. The van der Waals surface area contributed by atoms with E-state index in [0.29, 0.717) is 18.7 Å². The molecule has 0 heterocycles. The van der Waals surface area contributed by atoms with Gasteiger partial charge in [0.2, 0.25) is 0 Å². The highest BCUT2D eigenvalue weighted by Crippen LogP contribution is 2.27. The molecule has 1 aliphatic carbocycles. The Balaban J connectivity index is 2.27. The molecule has 0 bridgehead atoms. The van der Waals surface area contributed by atoms with Gasteiger partial charge in [-0.2, -0.15) is 11.8 Å². The molecule has 0 saturated heterocycles. The number of hydrogen-bond donors (Lipinski definition) is 2. The quantitative estimate of drug-likeness (QED) is 0.736. The Labute approximate surface area is 98.2 Å². The van der Waals surface area contributed by atoms with Gasteiger partial charge in [0.05, 0.1) is 0 Å². The zero-order valence-corrected chi connectivity index (χ0v) is 10.9. The molecule has 0 aliphatic heterocycles. The topological polar surface area (TPSA) is 32.3 Å². The van der Waals surface area contributed by atoms with Gasteiger partial charge >= 0.3 is 0 Å². The number of aliphatic hydroxyl groups excluding tert-OH is 1. The summed E-state index contributed by atoms with van der Waals surface area (Å²) in [6.07, 6.45) is 9.71. The maximum atomic E-state index is 8.79. The number of nitrogens with one attached hydrogen (secondary N) is 1. The number of aliphatic hydroxyl groups is 1. The van der Waals surface area contributed by atoms with Crippen molar-refractivity contribution in [1.82, 2.24) is 5.32 Å². The van der Waals surface area contributed by atoms with Crippen molar-refractivity contribution in [3.05, 3.63) is 0 Å². The Bertz CT molecular complexity index is 166.